The molecular formula is C16H24N6O2. The Labute approximate surface area is 140 Å². The fourth-order valence-electron chi connectivity index (χ4n) is 3.11. The van der Waals surface area contributed by atoms with Gasteiger partial charge in [0.2, 0.25) is 5.95 Å². The fourth-order valence-corrected chi connectivity index (χ4v) is 3.11. The molecule has 1 aliphatic heterocycles. The number of hydrogen-bond acceptors (Lipinski definition) is 5. The van der Waals surface area contributed by atoms with Crippen LogP contribution in [0.1, 0.15) is 46.6 Å². The summed E-state index contributed by atoms with van der Waals surface area (Å²) < 4.78 is 4.70. The van der Waals surface area contributed by atoms with Crippen molar-refractivity contribution in [2.24, 2.45) is 12.1 Å². The molecule has 0 fully saturated rings. The van der Waals surface area contributed by atoms with Crippen molar-refractivity contribution >= 4 is 22.8 Å². The number of imidazole rings is 1. The number of aryl methyl sites for hydroxylation is 1. The van der Waals surface area contributed by atoms with Crippen molar-refractivity contribution in [3.63, 3.8) is 0 Å². The molecule has 0 saturated heterocycles. The van der Waals surface area contributed by atoms with E-state index in [4.69, 9.17) is 0 Å². The van der Waals surface area contributed by atoms with E-state index in [1.165, 1.54) is 9.13 Å². The summed E-state index contributed by atoms with van der Waals surface area (Å²) in [4.78, 5) is 30.1. The van der Waals surface area contributed by atoms with Gasteiger partial charge in [0.25, 0.3) is 5.56 Å². The number of fused-ring (bicyclic) bond motifs is 3. The lowest BCUT2D eigenvalue weighted by Crippen LogP contribution is -2.40. The van der Waals surface area contributed by atoms with Gasteiger partial charge in [-0.25, -0.2) is 9.80 Å². The largest absolute Gasteiger partial charge is 0.332 e. The Kier molecular flexibility index (Phi) is 4.06. The second-order valence-electron chi connectivity index (χ2n) is 6.24. The highest BCUT2D eigenvalue weighted by Crippen LogP contribution is 2.29. The van der Waals surface area contributed by atoms with Gasteiger partial charge in [-0.3, -0.25) is 18.5 Å². The molecule has 0 N–H and O–H groups in total. The van der Waals surface area contributed by atoms with Crippen LogP contribution in [-0.4, -0.2) is 30.9 Å². The van der Waals surface area contributed by atoms with Crippen molar-refractivity contribution in [1.82, 2.24) is 18.7 Å². The maximum absolute atomic E-state index is 13.0. The average molecular weight is 332 g/mol. The van der Waals surface area contributed by atoms with Crippen molar-refractivity contribution < 1.29 is 0 Å². The predicted octanol–water partition coefficient (Wildman–Crippen LogP) is 1.47. The number of hydrazone groups is 1. The van der Waals surface area contributed by atoms with E-state index in [1.54, 1.807) is 12.1 Å². The third kappa shape index (κ3) is 2.20. The third-order valence-corrected chi connectivity index (χ3v) is 4.69. The number of nitrogens with zero attached hydrogens (tertiary/aromatic N) is 6. The molecule has 0 bridgehead atoms. The van der Waals surface area contributed by atoms with E-state index in [-0.39, 0.29) is 17.3 Å². The first-order valence-electron chi connectivity index (χ1n) is 8.46. The van der Waals surface area contributed by atoms with Gasteiger partial charge in [0.15, 0.2) is 11.2 Å². The topological polar surface area (TPSA) is 77.4 Å². The highest BCUT2D eigenvalue weighted by atomic mass is 16.2. The molecule has 130 valence electrons. The molecule has 1 atom stereocenters. The first kappa shape index (κ1) is 16.5. The summed E-state index contributed by atoms with van der Waals surface area (Å²) >= 11 is 0. The van der Waals surface area contributed by atoms with Crippen LogP contribution < -0.4 is 16.3 Å². The van der Waals surface area contributed by atoms with Crippen LogP contribution >= 0.6 is 0 Å². The van der Waals surface area contributed by atoms with Gasteiger partial charge in [0.1, 0.15) is 0 Å². The van der Waals surface area contributed by atoms with Crippen molar-refractivity contribution in [3.8, 4) is 0 Å². The summed E-state index contributed by atoms with van der Waals surface area (Å²) in [6.45, 7) is 9.03. The molecule has 8 nitrogen and oxygen atoms in total. The Balaban J connectivity index is 2.38. The van der Waals surface area contributed by atoms with Crippen LogP contribution in [0.5, 0.6) is 0 Å². The first-order valence-corrected chi connectivity index (χ1v) is 8.46. The molecule has 0 amide bonds. The SMILES string of the molecule is CCCCn1c(=O)c2c(nc3n2[C@H](C)C(C)=NN3CC)n(C)c1=O. The summed E-state index contributed by atoms with van der Waals surface area (Å²) in [6, 6.07) is -0.0716. The van der Waals surface area contributed by atoms with Gasteiger partial charge in [-0.2, -0.15) is 10.1 Å². The molecule has 2 aromatic rings. The quantitative estimate of drug-likeness (QED) is 0.849. The highest BCUT2D eigenvalue weighted by molar-refractivity contribution is 5.90. The molecule has 1 aliphatic rings. The molecule has 2 aromatic heterocycles. The van der Waals surface area contributed by atoms with Crippen molar-refractivity contribution in [3.05, 3.63) is 20.8 Å². The molecule has 24 heavy (non-hydrogen) atoms. The number of rotatable bonds is 4. The first-order chi connectivity index (χ1) is 11.4. The lowest BCUT2D eigenvalue weighted by molar-refractivity contribution is 0.563. The maximum atomic E-state index is 13.0. The zero-order chi connectivity index (χ0) is 17.6. The minimum Gasteiger partial charge on any atom is -0.294 e. The van der Waals surface area contributed by atoms with E-state index in [0.717, 1.165) is 18.6 Å². The van der Waals surface area contributed by atoms with E-state index in [0.29, 0.717) is 30.2 Å². The second kappa shape index (κ2) is 5.92. The molecule has 0 aromatic carbocycles. The van der Waals surface area contributed by atoms with Crippen molar-refractivity contribution in [1.29, 1.82) is 0 Å². The van der Waals surface area contributed by atoms with E-state index in [9.17, 15) is 9.59 Å². The molecule has 0 spiro atoms. The number of aromatic nitrogens is 4. The lowest BCUT2D eigenvalue weighted by Gasteiger charge is -2.28. The summed E-state index contributed by atoms with van der Waals surface area (Å²) in [5.41, 5.74) is 1.23. The molecule has 0 radical (unpaired) electrons. The molecular weight excluding hydrogens is 308 g/mol. The van der Waals surface area contributed by atoms with Crippen LogP contribution in [0, 0.1) is 0 Å². The molecule has 3 rings (SSSR count). The van der Waals surface area contributed by atoms with Gasteiger partial charge in [0, 0.05) is 20.1 Å². The van der Waals surface area contributed by atoms with E-state index in [2.05, 4.69) is 10.1 Å². The lowest BCUT2D eigenvalue weighted by atomic mass is 10.2. The van der Waals surface area contributed by atoms with Gasteiger partial charge in [-0.05, 0) is 27.2 Å². The van der Waals surface area contributed by atoms with E-state index >= 15 is 0 Å². The molecule has 3 heterocycles. The third-order valence-electron chi connectivity index (χ3n) is 4.69. The van der Waals surface area contributed by atoms with Crippen LogP contribution in [0.3, 0.4) is 0 Å². The van der Waals surface area contributed by atoms with Crippen LogP contribution in [0.15, 0.2) is 14.7 Å². The Bertz CT molecular complexity index is 933. The predicted molar refractivity (Wildman–Crippen MR) is 95.0 cm³/mol. The Morgan fingerprint density at radius 2 is 1.92 bits per heavy atom. The summed E-state index contributed by atoms with van der Waals surface area (Å²) in [7, 11) is 1.67. The minimum absolute atomic E-state index is 0.0716. The van der Waals surface area contributed by atoms with Crippen molar-refractivity contribution in [2.75, 3.05) is 11.6 Å². The number of anilines is 1. The monoisotopic (exact) mass is 332 g/mol. The minimum atomic E-state index is -0.315. The molecule has 0 unspecified atom stereocenters. The fraction of sp³-hybridized carbons (Fsp3) is 0.625. The summed E-state index contributed by atoms with van der Waals surface area (Å²) in [6.07, 6.45) is 1.71. The van der Waals surface area contributed by atoms with Gasteiger partial charge in [0.05, 0.1) is 11.8 Å². The van der Waals surface area contributed by atoms with Crippen LogP contribution in [0.4, 0.5) is 5.95 Å². The number of unbranched alkanes of at least 4 members (excludes halogenated alkanes) is 1. The smallest absolute Gasteiger partial charge is 0.294 e. The van der Waals surface area contributed by atoms with Crippen LogP contribution in [-0.2, 0) is 13.6 Å². The maximum Gasteiger partial charge on any atom is 0.332 e. The molecule has 0 saturated carbocycles. The highest BCUT2D eigenvalue weighted by Gasteiger charge is 2.29. The Morgan fingerprint density at radius 3 is 2.54 bits per heavy atom. The Morgan fingerprint density at radius 1 is 1.21 bits per heavy atom. The molecule has 8 heteroatoms. The summed E-state index contributed by atoms with van der Waals surface area (Å²) in [5.74, 6) is 0.617. The zero-order valence-corrected chi connectivity index (χ0v) is 14.9. The van der Waals surface area contributed by atoms with Gasteiger partial charge < -0.3 is 0 Å². The van der Waals surface area contributed by atoms with Crippen LogP contribution in [0.25, 0.3) is 11.2 Å². The number of hydrogen-bond donors (Lipinski definition) is 0. The standard InChI is InChI=1S/C16H24N6O2/c1-6-8-9-20-14(23)12-13(19(5)16(20)24)17-15-21(7-2)18-10(3)11(4)22(12)15/h11H,6-9H2,1-5H3/t11-/m1/s1. The van der Waals surface area contributed by atoms with E-state index < -0.39 is 0 Å². The second-order valence-corrected chi connectivity index (χ2v) is 6.24. The normalized spacial score (nSPS) is 17.3. The van der Waals surface area contributed by atoms with E-state index in [1.807, 2.05) is 32.3 Å². The molecule has 0 aliphatic carbocycles. The van der Waals surface area contributed by atoms with Gasteiger partial charge in [-0.15, -0.1) is 0 Å². The zero-order valence-electron chi connectivity index (χ0n) is 14.9. The Hall–Kier alpha value is -2.38. The van der Waals surface area contributed by atoms with Gasteiger partial charge in [-0.1, -0.05) is 13.3 Å². The summed E-state index contributed by atoms with van der Waals surface area (Å²) in [5, 5.41) is 6.32. The van der Waals surface area contributed by atoms with Crippen LogP contribution in [0.2, 0.25) is 0 Å². The van der Waals surface area contributed by atoms with Crippen molar-refractivity contribution in [2.45, 2.75) is 53.1 Å². The van der Waals surface area contributed by atoms with Gasteiger partial charge >= 0.3 is 5.69 Å². The average Bonchev–Trinajstić information content (AvgIpc) is 2.97.